The van der Waals surface area contributed by atoms with E-state index in [9.17, 15) is 0 Å². The molecule has 0 saturated heterocycles. The highest BCUT2D eigenvalue weighted by atomic mass is 14.7. The first-order valence-electron chi connectivity index (χ1n) is 18.2. The monoisotopic (exact) mass is 655 g/mol. The summed E-state index contributed by atoms with van der Waals surface area (Å²) in [5.41, 5.74) is 9.92. The molecule has 0 aliphatic rings. The Morgan fingerprint density at radius 3 is 1.65 bits per heavy atom. The van der Waals surface area contributed by atoms with Crippen molar-refractivity contribution in [3.63, 3.8) is 0 Å². The Morgan fingerprint density at radius 1 is 0.412 bits per heavy atom. The molecule has 0 saturated carbocycles. The zero-order valence-electron chi connectivity index (χ0n) is 30.4. The van der Waals surface area contributed by atoms with Gasteiger partial charge < -0.3 is 0 Å². The van der Waals surface area contributed by atoms with Crippen LogP contribution in [-0.4, -0.2) is 11.7 Å². The third-order valence-electron chi connectivity index (χ3n) is 11.0. The Hall–Kier alpha value is -5.47. The second kappa shape index (κ2) is 11.5. The summed E-state index contributed by atoms with van der Waals surface area (Å²) in [5.74, 6) is 0. The minimum atomic E-state index is 0.0782. The fraction of sp³-hybridized carbons (Fsp3) is 0.163. The van der Waals surface area contributed by atoms with Crippen molar-refractivity contribution < 1.29 is 0 Å². The Labute approximate surface area is 301 Å². The smallest absolute Gasteiger partial charge is 0.241 e. The van der Waals surface area contributed by atoms with Crippen molar-refractivity contribution in [3.05, 3.63) is 157 Å². The van der Waals surface area contributed by atoms with Gasteiger partial charge in [0, 0.05) is 21.7 Å². The summed E-state index contributed by atoms with van der Waals surface area (Å²) in [6.07, 6.45) is 0. The van der Waals surface area contributed by atoms with E-state index in [1.165, 1.54) is 76.0 Å². The van der Waals surface area contributed by atoms with E-state index in [1.54, 1.807) is 0 Å². The molecule has 9 rings (SSSR count). The third kappa shape index (κ3) is 5.28. The number of nitrogens with zero attached hydrogens (tertiary/aromatic N) is 1. The Balaban J connectivity index is 1.28. The molecule has 246 valence electrons. The summed E-state index contributed by atoms with van der Waals surface area (Å²) in [4.78, 5) is 5.43. The van der Waals surface area contributed by atoms with Gasteiger partial charge >= 0.3 is 0 Å². The van der Waals surface area contributed by atoms with Crippen molar-refractivity contribution in [2.75, 3.05) is 0 Å². The average Bonchev–Trinajstić information content (AvgIpc) is 3.13. The van der Waals surface area contributed by atoms with Gasteiger partial charge in [0.2, 0.25) is 6.71 Å². The predicted molar refractivity (Wildman–Crippen MR) is 223 cm³/mol. The molecule has 1 heterocycles. The number of benzene rings is 8. The van der Waals surface area contributed by atoms with Gasteiger partial charge in [0.25, 0.3) is 0 Å². The molecule has 0 radical (unpaired) electrons. The largest absolute Gasteiger partial charge is 0.247 e. The maximum Gasteiger partial charge on any atom is 0.241 e. The van der Waals surface area contributed by atoms with Crippen molar-refractivity contribution >= 4 is 77.1 Å². The quantitative estimate of drug-likeness (QED) is 0.104. The van der Waals surface area contributed by atoms with Gasteiger partial charge in [0.1, 0.15) is 0 Å². The molecular weight excluding hydrogens is 613 g/mol. The van der Waals surface area contributed by atoms with Crippen molar-refractivity contribution in [2.24, 2.45) is 0 Å². The lowest BCUT2D eigenvalue weighted by Gasteiger charge is -2.23. The molecule has 0 unspecified atom stereocenters. The van der Waals surface area contributed by atoms with Crippen molar-refractivity contribution in [3.8, 4) is 11.3 Å². The molecule has 0 bridgehead atoms. The van der Waals surface area contributed by atoms with E-state index >= 15 is 0 Å². The topological polar surface area (TPSA) is 12.9 Å². The van der Waals surface area contributed by atoms with Crippen LogP contribution >= 0.6 is 0 Å². The SMILES string of the molecule is CC(C)(C)c1ccc(B(c2ccc(C(C)(C)C)cc2)c2cccc(-c3nc4ccccc4c4c3cc3ccc5cccc6ccc4c3c56)c2)cc1. The van der Waals surface area contributed by atoms with E-state index in [2.05, 4.69) is 187 Å². The third-order valence-corrected chi connectivity index (χ3v) is 11.0. The standard InChI is InChI=1S/C49H42BN/c1-48(2,3)35-20-24-37(25-21-35)50(38-26-22-36(23-27-38)49(4,5)6)39-14-10-13-34(29-39)47-42-30-33-18-17-31-11-9-12-32-19-28-41(45(33)44(31)32)46(42)40-15-7-8-16-43(40)51-47/h7-30H,1-6H3. The van der Waals surface area contributed by atoms with Crippen molar-refractivity contribution in [1.29, 1.82) is 0 Å². The number of aromatic nitrogens is 1. The molecule has 8 aromatic carbocycles. The first-order chi connectivity index (χ1) is 24.5. The fourth-order valence-corrected chi connectivity index (χ4v) is 8.26. The van der Waals surface area contributed by atoms with E-state index in [1.807, 2.05) is 0 Å². The van der Waals surface area contributed by atoms with Crippen LogP contribution in [0.5, 0.6) is 0 Å². The molecule has 1 nitrogen and oxygen atoms in total. The number of pyridine rings is 1. The molecular formula is C49H42BN. The fourth-order valence-electron chi connectivity index (χ4n) is 8.26. The normalized spacial score (nSPS) is 12.5. The first-order valence-corrected chi connectivity index (χ1v) is 18.2. The predicted octanol–water partition coefficient (Wildman–Crippen LogP) is 11.1. The lowest BCUT2D eigenvalue weighted by Crippen LogP contribution is -2.52. The average molecular weight is 656 g/mol. The summed E-state index contributed by atoms with van der Waals surface area (Å²) in [6, 6.07) is 54.6. The lowest BCUT2D eigenvalue weighted by atomic mass is 9.36. The highest BCUT2D eigenvalue weighted by molar-refractivity contribution is 6.95. The Morgan fingerprint density at radius 2 is 1.00 bits per heavy atom. The van der Waals surface area contributed by atoms with Crippen LogP contribution in [0, 0.1) is 0 Å². The van der Waals surface area contributed by atoms with E-state index in [0.717, 1.165) is 16.8 Å². The summed E-state index contributed by atoms with van der Waals surface area (Å²) in [6.45, 7) is 13.8. The summed E-state index contributed by atoms with van der Waals surface area (Å²) < 4.78 is 0. The maximum absolute atomic E-state index is 5.43. The minimum absolute atomic E-state index is 0.0782. The molecule has 0 N–H and O–H groups in total. The molecule has 1 aromatic heterocycles. The molecule has 51 heavy (non-hydrogen) atoms. The van der Waals surface area contributed by atoms with Crippen LogP contribution in [0.25, 0.3) is 65.3 Å². The first kappa shape index (κ1) is 31.5. The molecule has 0 aliphatic heterocycles. The van der Waals surface area contributed by atoms with Crippen LogP contribution in [0.3, 0.4) is 0 Å². The zero-order valence-corrected chi connectivity index (χ0v) is 30.4. The van der Waals surface area contributed by atoms with Crippen LogP contribution in [0.2, 0.25) is 0 Å². The second-order valence-electron chi connectivity index (χ2n) is 16.4. The number of fused-ring (bicyclic) bond motifs is 4. The highest BCUT2D eigenvalue weighted by Crippen LogP contribution is 2.43. The number of para-hydroxylation sites is 1. The van der Waals surface area contributed by atoms with Gasteiger partial charge in [0.15, 0.2) is 0 Å². The van der Waals surface area contributed by atoms with E-state index in [0.29, 0.717) is 0 Å². The molecule has 0 spiro atoms. The van der Waals surface area contributed by atoms with E-state index in [4.69, 9.17) is 4.98 Å². The van der Waals surface area contributed by atoms with Gasteiger partial charge in [-0.1, -0.05) is 191 Å². The number of rotatable bonds is 4. The summed E-state index contributed by atoms with van der Waals surface area (Å²) >= 11 is 0. The van der Waals surface area contributed by atoms with Gasteiger partial charge in [-0.05, 0) is 66.4 Å². The highest BCUT2D eigenvalue weighted by Gasteiger charge is 2.25. The molecule has 2 heteroatoms. The zero-order chi connectivity index (χ0) is 35.1. The van der Waals surface area contributed by atoms with Crippen molar-refractivity contribution in [1.82, 2.24) is 4.98 Å². The number of hydrogen-bond acceptors (Lipinski definition) is 1. The van der Waals surface area contributed by atoms with Crippen LogP contribution in [0.15, 0.2) is 146 Å². The van der Waals surface area contributed by atoms with Crippen LogP contribution in [-0.2, 0) is 10.8 Å². The number of hydrogen-bond donors (Lipinski definition) is 0. The molecule has 0 atom stereocenters. The maximum atomic E-state index is 5.43. The van der Waals surface area contributed by atoms with Crippen LogP contribution < -0.4 is 16.4 Å². The van der Waals surface area contributed by atoms with Gasteiger partial charge in [-0.3, -0.25) is 0 Å². The molecule has 9 aromatic rings. The minimum Gasteiger partial charge on any atom is -0.247 e. The van der Waals surface area contributed by atoms with E-state index in [-0.39, 0.29) is 17.5 Å². The van der Waals surface area contributed by atoms with Crippen LogP contribution in [0.1, 0.15) is 52.7 Å². The van der Waals surface area contributed by atoms with E-state index < -0.39 is 0 Å². The Kier molecular flexibility index (Phi) is 7.13. The summed E-state index contributed by atoms with van der Waals surface area (Å²) in [7, 11) is 0. The molecule has 0 amide bonds. The van der Waals surface area contributed by atoms with Gasteiger partial charge in [-0.15, -0.1) is 0 Å². The second-order valence-corrected chi connectivity index (χ2v) is 16.4. The lowest BCUT2D eigenvalue weighted by molar-refractivity contribution is 0.590. The molecule has 0 fully saturated rings. The molecule has 0 aliphatic carbocycles. The van der Waals surface area contributed by atoms with Crippen molar-refractivity contribution in [2.45, 2.75) is 52.4 Å². The Bertz CT molecular complexity index is 2670. The van der Waals surface area contributed by atoms with Gasteiger partial charge in [-0.2, -0.15) is 0 Å². The summed E-state index contributed by atoms with van der Waals surface area (Å²) in [5, 5.41) is 11.5. The van der Waals surface area contributed by atoms with Gasteiger partial charge in [-0.25, -0.2) is 4.98 Å². The van der Waals surface area contributed by atoms with Gasteiger partial charge in [0.05, 0.1) is 11.2 Å². The van der Waals surface area contributed by atoms with Crippen LogP contribution in [0.4, 0.5) is 0 Å².